The van der Waals surface area contributed by atoms with Gasteiger partial charge in [0, 0.05) is 54.0 Å². The van der Waals surface area contributed by atoms with Gasteiger partial charge in [0.2, 0.25) is 0 Å². The topological polar surface area (TPSA) is 43.6 Å². The molecule has 3 aromatic heterocycles. The molecule has 0 radical (unpaired) electrons. The lowest BCUT2D eigenvalue weighted by molar-refractivity contribution is 0.764. The molecule has 0 fully saturated rings. The summed E-state index contributed by atoms with van der Waals surface area (Å²) in [5.41, 5.74) is 9.45. The highest BCUT2D eigenvalue weighted by molar-refractivity contribution is 7.26. The normalized spacial score (nSPS) is 15.3. The van der Waals surface area contributed by atoms with Crippen LogP contribution in [-0.4, -0.2) is 19.5 Å². The molecule has 3 heterocycles. The standard InChI is InChI=1S/C45H32N4S/c1-4-14-29(15-5-1)32-24-25-41-36(26-32)37-27-33(49-39-22-12-10-20-34(39)35-21-11-13-23-40(35)49)28-38(42(37)50-41)45-47-43(30-16-6-2-7-17-30)46-44(48-45)31-18-8-3-9-19-31/h1-10,12-18,20,22-28,31H,11,19,21H2. The molecule has 0 saturated carbocycles. The lowest BCUT2D eigenvalue weighted by Gasteiger charge is -2.16. The zero-order chi connectivity index (χ0) is 33.0. The number of rotatable bonds is 5. The van der Waals surface area contributed by atoms with Gasteiger partial charge in [0.1, 0.15) is 5.82 Å². The number of aromatic nitrogens is 4. The third kappa shape index (κ3) is 4.85. The summed E-state index contributed by atoms with van der Waals surface area (Å²) >= 11 is 1.82. The zero-order valence-electron chi connectivity index (χ0n) is 27.3. The molecule has 0 bridgehead atoms. The van der Waals surface area contributed by atoms with Crippen molar-refractivity contribution in [1.29, 1.82) is 0 Å². The van der Waals surface area contributed by atoms with Crippen molar-refractivity contribution in [3.63, 3.8) is 0 Å². The Labute approximate surface area is 294 Å². The second-order valence-corrected chi connectivity index (χ2v) is 14.1. The zero-order valence-corrected chi connectivity index (χ0v) is 28.1. The fourth-order valence-electron chi connectivity index (χ4n) is 7.60. The lowest BCUT2D eigenvalue weighted by atomic mass is 9.99. The van der Waals surface area contributed by atoms with E-state index in [0.717, 1.165) is 41.9 Å². The van der Waals surface area contributed by atoms with E-state index in [1.807, 2.05) is 29.5 Å². The first kappa shape index (κ1) is 29.0. The van der Waals surface area contributed by atoms with Crippen molar-refractivity contribution in [3.8, 4) is 39.6 Å². The minimum Gasteiger partial charge on any atom is -0.310 e. The van der Waals surface area contributed by atoms with Gasteiger partial charge in [0.15, 0.2) is 11.6 Å². The van der Waals surface area contributed by atoms with Crippen LogP contribution in [0.2, 0.25) is 0 Å². The number of allylic oxidation sites excluding steroid dienone is 5. The third-order valence-corrected chi connectivity index (χ3v) is 11.2. The van der Waals surface area contributed by atoms with Crippen molar-refractivity contribution >= 4 is 48.5 Å². The maximum absolute atomic E-state index is 5.29. The van der Waals surface area contributed by atoms with Gasteiger partial charge in [-0.2, -0.15) is 0 Å². The summed E-state index contributed by atoms with van der Waals surface area (Å²) in [6.45, 7) is 0. The number of aryl methyl sites for hydroxylation is 1. The van der Waals surface area contributed by atoms with Crippen molar-refractivity contribution in [1.82, 2.24) is 19.5 Å². The Kier molecular flexibility index (Phi) is 6.91. The smallest absolute Gasteiger partial charge is 0.165 e. The largest absolute Gasteiger partial charge is 0.310 e. The number of thiophene rings is 1. The lowest BCUT2D eigenvalue weighted by Crippen LogP contribution is -2.08. The highest BCUT2D eigenvalue weighted by Crippen LogP contribution is 2.44. The van der Waals surface area contributed by atoms with Gasteiger partial charge >= 0.3 is 0 Å². The van der Waals surface area contributed by atoms with Crippen LogP contribution in [0.3, 0.4) is 0 Å². The summed E-state index contributed by atoms with van der Waals surface area (Å²) in [6, 6.07) is 41.3. The van der Waals surface area contributed by atoms with E-state index in [9.17, 15) is 0 Å². The fraction of sp³-hybridized carbons (Fsp3) is 0.0889. The van der Waals surface area contributed by atoms with Gasteiger partial charge in [-0.15, -0.1) is 11.3 Å². The van der Waals surface area contributed by atoms with E-state index in [0.29, 0.717) is 11.6 Å². The predicted molar refractivity (Wildman–Crippen MR) is 209 cm³/mol. The average Bonchev–Trinajstić information content (AvgIpc) is 3.74. The monoisotopic (exact) mass is 660 g/mol. The van der Waals surface area contributed by atoms with Crippen LogP contribution < -0.4 is 0 Å². The SMILES string of the molecule is C1=CCC(c2nc(-c3ccccc3)nc(-c3cc(-n4c5c(c6ccccc64)CCC=C5)cc4c3sc3ccc(-c5ccccc5)cc34)n2)C=C1. The summed E-state index contributed by atoms with van der Waals surface area (Å²) in [7, 11) is 0. The van der Waals surface area contributed by atoms with E-state index in [-0.39, 0.29) is 5.92 Å². The number of nitrogens with zero attached hydrogens (tertiary/aromatic N) is 4. The summed E-state index contributed by atoms with van der Waals surface area (Å²) < 4.78 is 4.88. The van der Waals surface area contributed by atoms with Crippen LogP contribution >= 0.6 is 11.3 Å². The molecule has 4 nitrogen and oxygen atoms in total. The Morgan fingerprint density at radius 3 is 2.28 bits per heavy atom. The highest BCUT2D eigenvalue weighted by Gasteiger charge is 2.23. The molecule has 8 aromatic rings. The summed E-state index contributed by atoms with van der Waals surface area (Å²) in [4.78, 5) is 15.6. The molecule has 1 unspecified atom stereocenters. The van der Waals surface area contributed by atoms with Crippen molar-refractivity contribution in [3.05, 3.63) is 163 Å². The Hall–Kier alpha value is -5.91. The van der Waals surface area contributed by atoms with Crippen LogP contribution in [0.25, 0.3) is 76.7 Å². The van der Waals surface area contributed by atoms with E-state index in [1.54, 1.807) is 0 Å². The van der Waals surface area contributed by atoms with Gasteiger partial charge in [0.25, 0.3) is 0 Å². The molecule has 5 aromatic carbocycles. The maximum atomic E-state index is 5.29. The van der Waals surface area contributed by atoms with Gasteiger partial charge < -0.3 is 4.57 Å². The molecular weight excluding hydrogens is 629 g/mol. The minimum absolute atomic E-state index is 0.0873. The maximum Gasteiger partial charge on any atom is 0.165 e. The van der Waals surface area contributed by atoms with Crippen LogP contribution in [0, 0.1) is 0 Å². The molecule has 0 spiro atoms. The van der Waals surface area contributed by atoms with Gasteiger partial charge in [-0.3, -0.25) is 0 Å². The van der Waals surface area contributed by atoms with Crippen molar-refractivity contribution in [2.45, 2.75) is 25.2 Å². The third-order valence-electron chi connectivity index (χ3n) is 10.0. The predicted octanol–water partition coefficient (Wildman–Crippen LogP) is 11.7. The quantitative estimate of drug-likeness (QED) is 0.184. The van der Waals surface area contributed by atoms with Crippen LogP contribution in [-0.2, 0) is 6.42 Å². The first-order valence-corrected chi connectivity index (χ1v) is 18.1. The number of benzene rings is 5. The first-order chi connectivity index (χ1) is 24.8. The van der Waals surface area contributed by atoms with Gasteiger partial charge in [-0.25, -0.2) is 15.0 Å². The van der Waals surface area contributed by atoms with E-state index < -0.39 is 0 Å². The van der Waals surface area contributed by atoms with Crippen molar-refractivity contribution in [2.24, 2.45) is 0 Å². The van der Waals surface area contributed by atoms with Crippen molar-refractivity contribution < 1.29 is 0 Å². The summed E-state index contributed by atoms with van der Waals surface area (Å²) in [6.07, 6.45) is 16.2. The van der Waals surface area contributed by atoms with Gasteiger partial charge in [-0.05, 0) is 72.4 Å². The molecule has 0 aliphatic heterocycles. The van der Waals surface area contributed by atoms with Crippen LogP contribution in [0.1, 0.15) is 35.8 Å². The molecule has 0 amide bonds. The molecule has 10 rings (SSSR count). The Morgan fingerprint density at radius 1 is 0.640 bits per heavy atom. The molecule has 2 aliphatic carbocycles. The van der Waals surface area contributed by atoms with Crippen LogP contribution in [0.5, 0.6) is 0 Å². The van der Waals surface area contributed by atoms with E-state index in [4.69, 9.17) is 15.0 Å². The molecule has 0 N–H and O–H groups in total. The molecular formula is C45H32N4S. The fourth-order valence-corrected chi connectivity index (χ4v) is 8.77. The minimum atomic E-state index is 0.0873. The first-order valence-electron chi connectivity index (χ1n) is 17.3. The highest BCUT2D eigenvalue weighted by atomic mass is 32.1. The molecule has 1 atom stereocenters. The Morgan fingerprint density at radius 2 is 1.44 bits per heavy atom. The molecule has 2 aliphatic rings. The Bertz CT molecular complexity index is 2680. The second kappa shape index (κ2) is 11.9. The Balaban J connectivity index is 1.29. The number of hydrogen-bond acceptors (Lipinski definition) is 4. The van der Waals surface area contributed by atoms with E-state index in [2.05, 4.69) is 138 Å². The molecule has 0 saturated heterocycles. The van der Waals surface area contributed by atoms with Gasteiger partial charge in [0.05, 0.1) is 5.52 Å². The number of hydrogen-bond donors (Lipinski definition) is 0. The number of para-hydroxylation sites is 1. The van der Waals surface area contributed by atoms with Crippen LogP contribution in [0.15, 0.2) is 146 Å². The average molecular weight is 661 g/mol. The van der Waals surface area contributed by atoms with Gasteiger partial charge in [-0.1, -0.05) is 115 Å². The van der Waals surface area contributed by atoms with E-state index >= 15 is 0 Å². The van der Waals surface area contributed by atoms with Crippen molar-refractivity contribution in [2.75, 3.05) is 0 Å². The van der Waals surface area contributed by atoms with E-state index in [1.165, 1.54) is 53.5 Å². The van der Waals surface area contributed by atoms with Crippen LogP contribution in [0.4, 0.5) is 0 Å². The second-order valence-electron chi connectivity index (χ2n) is 13.1. The summed E-state index contributed by atoms with van der Waals surface area (Å²) in [5, 5.41) is 3.78. The molecule has 5 heteroatoms. The number of fused-ring (bicyclic) bond motifs is 6. The molecule has 238 valence electrons. The summed E-state index contributed by atoms with van der Waals surface area (Å²) in [5.74, 6) is 2.29. The molecule has 50 heavy (non-hydrogen) atoms.